The minimum Gasteiger partial charge on any atom is -0.370 e. The second-order valence-corrected chi connectivity index (χ2v) is 3.45. The fourth-order valence-electron chi connectivity index (χ4n) is 1.41. The van der Waals surface area contributed by atoms with Gasteiger partial charge in [-0.15, -0.1) is 0 Å². The molecule has 0 aliphatic heterocycles. The Hall–Kier alpha value is -1.84. The molecule has 3 nitrogen and oxygen atoms in total. The number of rotatable bonds is 4. The van der Waals surface area contributed by atoms with Crippen LogP contribution in [0.3, 0.4) is 0 Å². The molecule has 0 bridgehead atoms. The number of anilines is 1. The van der Waals surface area contributed by atoms with E-state index in [0.717, 1.165) is 24.5 Å². The smallest absolute Gasteiger partial charge is 0.141 e. The van der Waals surface area contributed by atoms with Crippen LogP contribution in [0.2, 0.25) is 0 Å². The van der Waals surface area contributed by atoms with Gasteiger partial charge in [0, 0.05) is 24.9 Å². The molecule has 0 spiro atoms. The first-order chi connectivity index (χ1) is 7.84. The highest BCUT2D eigenvalue weighted by molar-refractivity contribution is 6.30. The van der Waals surface area contributed by atoms with Gasteiger partial charge in [0.2, 0.25) is 0 Å². The molecule has 78 valence electrons. The van der Waals surface area contributed by atoms with Gasteiger partial charge in [-0.1, -0.05) is 18.2 Å². The van der Waals surface area contributed by atoms with E-state index >= 15 is 0 Å². The molecule has 0 aliphatic carbocycles. The maximum atomic E-state index is 5.58. The first-order valence-corrected chi connectivity index (χ1v) is 5.21. The van der Waals surface area contributed by atoms with E-state index in [4.69, 9.17) is 7.85 Å². The van der Waals surface area contributed by atoms with Crippen LogP contribution in [-0.2, 0) is 6.42 Å². The molecule has 2 aromatic heterocycles. The molecule has 0 fully saturated rings. The summed E-state index contributed by atoms with van der Waals surface area (Å²) < 4.78 is 0. The van der Waals surface area contributed by atoms with Crippen LogP contribution >= 0.6 is 0 Å². The maximum Gasteiger partial charge on any atom is 0.141 e. The highest BCUT2D eigenvalue weighted by Gasteiger charge is 1.95. The van der Waals surface area contributed by atoms with Crippen LogP contribution in [-0.4, -0.2) is 24.4 Å². The van der Waals surface area contributed by atoms with Crippen LogP contribution in [0.1, 0.15) is 5.69 Å². The van der Waals surface area contributed by atoms with Crippen molar-refractivity contribution in [2.75, 3.05) is 11.9 Å². The minimum absolute atomic E-state index is 0.530. The van der Waals surface area contributed by atoms with E-state index in [1.807, 2.05) is 30.3 Å². The van der Waals surface area contributed by atoms with E-state index in [-0.39, 0.29) is 0 Å². The molecule has 0 saturated carbocycles. The second-order valence-electron chi connectivity index (χ2n) is 3.45. The number of nitrogens with one attached hydrogen (secondary N) is 1. The van der Waals surface area contributed by atoms with E-state index < -0.39 is 0 Å². The van der Waals surface area contributed by atoms with Gasteiger partial charge in [-0.25, -0.2) is 4.98 Å². The summed E-state index contributed by atoms with van der Waals surface area (Å²) in [5, 5.41) is 3.20. The lowest BCUT2D eigenvalue weighted by Crippen LogP contribution is -2.13. The summed E-state index contributed by atoms with van der Waals surface area (Å²) in [6.07, 6.45) is 2.67. The van der Waals surface area contributed by atoms with Gasteiger partial charge in [0.05, 0.1) is 0 Å². The Morgan fingerprint density at radius 1 is 1.12 bits per heavy atom. The molecule has 2 heterocycles. The summed E-state index contributed by atoms with van der Waals surface area (Å²) in [7, 11) is 5.58. The molecule has 0 unspecified atom stereocenters. The number of aromatic nitrogens is 2. The Morgan fingerprint density at radius 2 is 2.06 bits per heavy atom. The quantitative estimate of drug-likeness (QED) is 0.761. The fourth-order valence-corrected chi connectivity index (χ4v) is 1.41. The summed E-state index contributed by atoms with van der Waals surface area (Å²) in [6, 6.07) is 11.5. The van der Waals surface area contributed by atoms with Crippen molar-refractivity contribution < 1.29 is 0 Å². The van der Waals surface area contributed by atoms with Gasteiger partial charge in [0.1, 0.15) is 13.7 Å². The number of nitrogens with zero attached hydrogens (tertiary/aromatic N) is 2. The van der Waals surface area contributed by atoms with E-state index in [9.17, 15) is 0 Å². The molecule has 0 aliphatic rings. The van der Waals surface area contributed by atoms with E-state index in [2.05, 4.69) is 15.3 Å². The molecular formula is C12H12BN3. The van der Waals surface area contributed by atoms with Crippen LogP contribution in [0.25, 0.3) is 0 Å². The molecule has 16 heavy (non-hydrogen) atoms. The Morgan fingerprint density at radius 3 is 2.81 bits per heavy atom. The second kappa shape index (κ2) is 5.30. The SMILES string of the molecule is [B]c1cccc(NCCc2ccccn2)n1. The van der Waals surface area contributed by atoms with Gasteiger partial charge in [0.25, 0.3) is 0 Å². The van der Waals surface area contributed by atoms with Gasteiger partial charge in [-0.2, -0.15) is 0 Å². The molecule has 1 N–H and O–H groups in total. The lowest BCUT2D eigenvalue weighted by Gasteiger charge is -2.05. The normalized spacial score (nSPS) is 10.0. The lowest BCUT2D eigenvalue weighted by atomic mass is 10.0. The standard InChI is InChI=1S/C12H12BN3/c13-11-5-3-6-12(16-11)15-9-7-10-4-1-2-8-14-10/h1-6,8H,7,9H2,(H,15,16). The largest absolute Gasteiger partial charge is 0.370 e. The van der Waals surface area contributed by atoms with E-state index in [1.54, 1.807) is 12.3 Å². The minimum atomic E-state index is 0.530. The van der Waals surface area contributed by atoms with E-state index in [0.29, 0.717) is 5.59 Å². The zero-order chi connectivity index (χ0) is 11.2. The maximum absolute atomic E-state index is 5.58. The van der Waals surface area contributed by atoms with Gasteiger partial charge in [-0.3, -0.25) is 4.98 Å². The first-order valence-electron chi connectivity index (χ1n) is 5.21. The zero-order valence-electron chi connectivity index (χ0n) is 8.93. The summed E-state index contributed by atoms with van der Waals surface area (Å²) in [6.45, 7) is 0.799. The predicted molar refractivity (Wildman–Crippen MR) is 66.1 cm³/mol. The zero-order valence-corrected chi connectivity index (χ0v) is 8.93. The molecule has 2 radical (unpaired) electrons. The molecule has 0 amide bonds. The number of hydrogen-bond acceptors (Lipinski definition) is 3. The highest BCUT2D eigenvalue weighted by Crippen LogP contribution is 1.99. The van der Waals surface area contributed by atoms with Gasteiger partial charge in [-0.05, 0) is 23.8 Å². The molecule has 2 aromatic rings. The van der Waals surface area contributed by atoms with Crippen LogP contribution < -0.4 is 10.9 Å². The topological polar surface area (TPSA) is 37.8 Å². The van der Waals surface area contributed by atoms with Crippen molar-refractivity contribution in [2.45, 2.75) is 6.42 Å². The van der Waals surface area contributed by atoms with Gasteiger partial charge < -0.3 is 5.32 Å². The third-order valence-electron chi connectivity index (χ3n) is 2.18. The summed E-state index contributed by atoms with van der Waals surface area (Å²) in [4.78, 5) is 8.39. The third kappa shape index (κ3) is 3.09. The summed E-state index contributed by atoms with van der Waals surface area (Å²) >= 11 is 0. The average Bonchev–Trinajstić information content (AvgIpc) is 2.30. The summed E-state index contributed by atoms with van der Waals surface area (Å²) in [5.74, 6) is 0.802. The molecule has 0 atom stereocenters. The van der Waals surface area contributed by atoms with Crippen molar-refractivity contribution in [1.82, 2.24) is 9.97 Å². The average molecular weight is 209 g/mol. The lowest BCUT2D eigenvalue weighted by molar-refractivity contribution is 0.955. The monoisotopic (exact) mass is 209 g/mol. The fraction of sp³-hybridized carbons (Fsp3) is 0.167. The van der Waals surface area contributed by atoms with Gasteiger partial charge in [0.15, 0.2) is 0 Å². The molecule has 0 aromatic carbocycles. The third-order valence-corrected chi connectivity index (χ3v) is 2.18. The summed E-state index contributed by atoms with van der Waals surface area (Å²) in [5.41, 5.74) is 1.60. The number of hydrogen-bond donors (Lipinski definition) is 1. The van der Waals surface area contributed by atoms with Crippen LogP contribution in [0.5, 0.6) is 0 Å². The van der Waals surface area contributed by atoms with Crippen molar-refractivity contribution in [2.24, 2.45) is 0 Å². The van der Waals surface area contributed by atoms with E-state index in [1.165, 1.54) is 0 Å². The van der Waals surface area contributed by atoms with Crippen molar-refractivity contribution in [1.29, 1.82) is 0 Å². The van der Waals surface area contributed by atoms with Gasteiger partial charge >= 0.3 is 0 Å². The van der Waals surface area contributed by atoms with Crippen molar-refractivity contribution >= 4 is 19.3 Å². The molecule has 2 rings (SSSR count). The molecular weight excluding hydrogens is 197 g/mol. The van der Waals surface area contributed by atoms with Crippen LogP contribution in [0.4, 0.5) is 5.82 Å². The molecule has 0 saturated heterocycles. The Bertz CT molecular complexity index is 445. The Balaban J connectivity index is 1.85. The van der Waals surface area contributed by atoms with Crippen LogP contribution in [0, 0.1) is 0 Å². The highest BCUT2D eigenvalue weighted by atomic mass is 15.0. The first kappa shape index (κ1) is 10.7. The Labute approximate surface area is 96.4 Å². The number of pyridine rings is 2. The molecule has 4 heteroatoms. The van der Waals surface area contributed by atoms with Crippen LogP contribution in [0.15, 0.2) is 42.6 Å². The Kier molecular flexibility index (Phi) is 3.54. The van der Waals surface area contributed by atoms with Crippen molar-refractivity contribution in [3.8, 4) is 0 Å². The van der Waals surface area contributed by atoms with Crippen molar-refractivity contribution in [3.05, 3.63) is 48.3 Å². The van der Waals surface area contributed by atoms with Crippen molar-refractivity contribution in [3.63, 3.8) is 0 Å². The predicted octanol–water partition coefficient (Wildman–Crippen LogP) is 0.925.